The maximum absolute atomic E-state index is 13.3. The molecular formula is C20H15F2NO2. The van der Waals surface area contributed by atoms with Gasteiger partial charge < -0.3 is 10.1 Å². The molecule has 3 aromatic rings. The normalized spacial score (nSPS) is 11.6. The van der Waals surface area contributed by atoms with Gasteiger partial charge in [-0.3, -0.25) is 4.79 Å². The number of carbonyl (C=O) groups excluding carboxylic acids is 1. The molecule has 0 aliphatic rings. The second-order valence-corrected chi connectivity index (χ2v) is 5.34. The van der Waals surface area contributed by atoms with E-state index in [0.717, 1.165) is 12.1 Å². The van der Waals surface area contributed by atoms with Gasteiger partial charge >= 0.3 is 0 Å². The quantitative estimate of drug-likeness (QED) is 0.730. The zero-order valence-corrected chi connectivity index (χ0v) is 13.2. The van der Waals surface area contributed by atoms with Crippen LogP contribution < -0.4 is 10.1 Å². The highest BCUT2D eigenvalue weighted by Crippen LogP contribution is 2.24. The van der Waals surface area contributed by atoms with Crippen LogP contribution in [0.3, 0.4) is 0 Å². The Morgan fingerprint density at radius 2 is 1.48 bits per heavy atom. The molecule has 0 heterocycles. The molecule has 0 saturated heterocycles. The van der Waals surface area contributed by atoms with Gasteiger partial charge in [0.2, 0.25) is 6.10 Å². The van der Waals surface area contributed by atoms with E-state index in [4.69, 9.17) is 4.74 Å². The van der Waals surface area contributed by atoms with E-state index in [-0.39, 0.29) is 5.69 Å². The summed E-state index contributed by atoms with van der Waals surface area (Å²) in [6, 6.07) is 21.0. The number of anilines is 1. The molecule has 25 heavy (non-hydrogen) atoms. The van der Waals surface area contributed by atoms with Crippen LogP contribution in [-0.2, 0) is 4.79 Å². The number of amides is 1. The van der Waals surface area contributed by atoms with Crippen molar-refractivity contribution < 1.29 is 18.3 Å². The van der Waals surface area contributed by atoms with Crippen LogP contribution in [0.4, 0.5) is 14.5 Å². The van der Waals surface area contributed by atoms with E-state index in [0.29, 0.717) is 11.3 Å². The van der Waals surface area contributed by atoms with Crippen LogP contribution in [-0.4, -0.2) is 5.91 Å². The van der Waals surface area contributed by atoms with Gasteiger partial charge in [-0.2, -0.15) is 0 Å². The maximum Gasteiger partial charge on any atom is 0.270 e. The maximum atomic E-state index is 13.3. The minimum absolute atomic E-state index is 0.154. The van der Waals surface area contributed by atoms with E-state index in [1.807, 2.05) is 12.1 Å². The zero-order valence-electron chi connectivity index (χ0n) is 13.2. The van der Waals surface area contributed by atoms with E-state index in [2.05, 4.69) is 5.32 Å². The molecule has 0 spiro atoms. The van der Waals surface area contributed by atoms with Crippen LogP contribution in [0.25, 0.3) is 0 Å². The highest BCUT2D eigenvalue weighted by atomic mass is 19.2. The number of halogens is 2. The minimum atomic E-state index is -1.03. The summed E-state index contributed by atoms with van der Waals surface area (Å²) in [5.74, 6) is -1.96. The van der Waals surface area contributed by atoms with Crippen molar-refractivity contribution in [2.24, 2.45) is 0 Å². The molecule has 3 nitrogen and oxygen atoms in total. The Kier molecular flexibility index (Phi) is 5.04. The largest absolute Gasteiger partial charge is 0.476 e. The Morgan fingerprint density at radius 3 is 2.12 bits per heavy atom. The second kappa shape index (κ2) is 7.57. The smallest absolute Gasteiger partial charge is 0.270 e. The zero-order chi connectivity index (χ0) is 17.6. The molecule has 0 aliphatic heterocycles. The number of para-hydroxylation sites is 1. The van der Waals surface area contributed by atoms with Crippen LogP contribution in [0, 0.1) is 11.6 Å². The molecule has 1 unspecified atom stereocenters. The SMILES string of the molecule is O=C(Nc1ccc(F)c(F)c1)C(Oc1ccccc1)c1ccccc1. The van der Waals surface area contributed by atoms with Crippen molar-refractivity contribution in [3.05, 3.63) is 96.1 Å². The number of rotatable bonds is 5. The van der Waals surface area contributed by atoms with E-state index in [1.54, 1.807) is 48.5 Å². The molecule has 0 aromatic heterocycles. The van der Waals surface area contributed by atoms with Crippen molar-refractivity contribution in [3.8, 4) is 5.75 Å². The molecule has 0 bridgehead atoms. The van der Waals surface area contributed by atoms with E-state index < -0.39 is 23.6 Å². The molecule has 1 N–H and O–H groups in total. The fraction of sp³-hybridized carbons (Fsp3) is 0.0500. The molecule has 1 atom stereocenters. The third-order valence-corrected chi connectivity index (χ3v) is 3.52. The Hall–Kier alpha value is -3.21. The fourth-order valence-corrected chi connectivity index (χ4v) is 2.32. The third-order valence-electron chi connectivity index (χ3n) is 3.52. The van der Waals surface area contributed by atoms with Crippen molar-refractivity contribution in [2.75, 3.05) is 5.32 Å². The van der Waals surface area contributed by atoms with Gasteiger partial charge in [-0.15, -0.1) is 0 Å². The molecule has 0 saturated carbocycles. The molecule has 126 valence electrons. The molecule has 3 rings (SSSR count). The van der Waals surface area contributed by atoms with Gasteiger partial charge in [-0.1, -0.05) is 48.5 Å². The summed E-state index contributed by atoms with van der Waals surface area (Å²) in [5, 5.41) is 2.56. The average molecular weight is 339 g/mol. The molecule has 0 radical (unpaired) electrons. The number of ether oxygens (including phenoxy) is 1. The number of carbonyl (C=O) groups is 1. The third kappa shape index (κ3) is 4.20. The highest BCUT2D eigenvalue weighted by molar-refractivity contribution is 5.95. The summed E-state index contributed by atoms with van der Waals surface area (Å²) in [6.07, 6.45) is -0.934. The lowest BCUT2D eigenvalue weighted by atomic mass is 10.1. The van der Waals surface area contributed by atoms with Crippen LogP contribution in [0.5, 0.6) is 5.75 Å². The predicted octanol–water partition coefficient (Wildman–Crippen LogP) is 4.72. The number of hydrogen-bond donors (Lipinski definition) is 1. The standard InChI is InChI=1S/C20H15F2NO2/c21-17-12-11-15(13-18(17)22)23-20(24)19(14-7-3-1-4-8-14)25-16-9-5-2-6-10-16/h1-13,19H,(H,23,24). The van der Waals surface area contributed by atoms with Gasteiger partial charge in [0.25, 0.3) is 5.91 Å². The van der Waals surface area contributed by atoms with Gasteiger partial charge in [0.05, 0.1) is 0 Å². The minimum Gasteiger partial charge on any atom is -0.476 e. The van der Waals surface area contributed by atoms with E-state index in [1.165, 1.54) is 6.07 Å². The first-order chi connectivity index (χ1) is 12.1. The summed E-state index contributed by atoms with van der Waals surface area (Å²) < 4.78 is 32.2. The lowest BCUT2D eigenvalue weighted by Gasteiger charge is -2.19. The highest BCUT2D eigenvalue weighted by Gasteiger charge is 2.23. The summed E-state index contributed by atoms with van der Waals surface area (Å²) in [6.45, 7) is 0. The van der Waals surface area contributed by atoms with Crippen LogP contribution >= 0.6 is 0 Å². The molecule has 0 fully saturated rings. The first-order valence-corrected chi connectivity index (χ1v) is 7.66. The van der Waals surface area contributed by atoms with Gasteiger partial charge in [0.1, 0.15) is 5.75 Å². The van der Waals surface area contributed by atoms with E-state index in [9.17, 15) is 13.6 Å². The summed E-state index contributed by atoms with van der Waals surface area (Å²) in [4.78, 5) is 12.7. The van der Waals surface area contributed by atoms with Crippen molar-refractivity contribution in [1.29, 1.82) is 0 Å². The molecule has 1 amide bonds. The summed E-state index contributed by atoms with van der Waals surface area (Å²) >= 11 is 0. The topological polar surface area (TPSA) is 38.3 Å². The summed E-state index contributed by atoms with van der Waals surface area (Å²) in [5.41, 5.74) is 0.799. The Morgan fingerprint density at radius 1 is 0.840 bits per heavy atom. The van der Waals surface area contributed by atoms with Crippen LogP contribution in [0.2, 0.25) is 0 Å². The van der Waals surface area contributed by atoms with E-state index >= 15 is 0 Å². The molecular weight excluding hydrogens is 324 g/mol. The molecule has 3 aromatic carbocycles. The van der Waals surface area contributed by atoms with Crippen LogP contribution in [0.15, 0.2) is 78.9 Å². The first-order valence-electron chi connectivity index (χ1n) is 7.66. The Bertz CT molecular complexity index is 854. The molecule has 5 heteroatoms. The number of hydrogen-bond acceptors (Lipinski definition) is 2. The van der Waals surface area contributed by atoms with Crippen molar-refractivity contribution in [1.82, 2.24) is 0 Å². The van der Waals surface area contributed by atoms with Gasteiger partial charge in [-0.25, -0.2) is 8.78 Å². The Labute approximate surface area is 143 Å². The van der Waals surface area contributed by atoms with Crippen molar-refractivity contribution in [2.45, 2.75) is 6.10 Å². The van der Waals surface area contributed by atoms with Crippen LogP contribution in [0.1, 0.15) is 11.7 Å². The van der Waals surface area contributed by atoms with Gasteiger partial charge in [-0.05, 0) is 24.3 Å². The monoisotopic (exact) mass is 339 g/mol. The Balaban J connectivity index is 1.85. The predicted molar refractivity (Wildman–Crippen MR) is 91.2 cm³/mol. The summed E-state index contributed by atoms with van der Waals surface area (Å²) in [7, 11) is 0. The van der Waals surface area contributed by atoms with Crippen molar-refractivity contribution >= 4 is 11.6 Å². The fourth-order valence-electron chi connectivity index (χ4n) is 2.32. The number of benzene rings is 3. The van der Waals surface area contributed by atoms with Crippen molar-refractivity contribution in [3.63, 3.8) is 0 Å². The first kappa shape index (κ1) is 16.6. The number of nitrogens with one attached hydrogen (secondary N) is 1. The average Bonchev–Trinajstić information content (AvgIpc) is 2.64. The lowest BCUT2D eigenvalue weighted by Crippen LogP contribution is -2.25. The lowest BCUT2D eigenvalue weighted by molar-refractivity contribution is -0.123. The molecule has 0 aliphatic carbocycles. The van der Waals surface area contributed by atoms with Gasteiger partial charge in [0.15, 0.2) is 11.6 Å². The van der Waals surface area contributed by atoms with Gasteiger partial charge in [0, 0.05) is 17.3 Å². The second-order valence-electron chi connectivity index (χ2n) is 5.34.